The van der Waals surface area contributed by atoms with Crippen molar-refractivity contribution in [3.05, 3.63) is 35.4 Å². The van der Waals surface area contributed by atoms with Crippen LogP contribution in [0, 0.1) is 0 Å². The molecular weight excluding hydrogens is 490 g/mol. The van der Waals surface area contributed by atoms with Gasteiger partial charge in [-0.25, -0.2) is 0 Å². The molecular formula is C27H37N5O6. The molecule has 11 nitrogen and oxygen atoms in total. The second-order valence-corrected chi connectivity index (χ2v) is 10.2. The average Bonchev–Trinajstić information content (AvgIpc) is 3.34. The first-order valence-corrected chi connectivity index (χ1v) is 13.4. The Morgan fingerprint density at radius 2 is 1.89 bits per heavy atom. The molecule has 0 spiro atoms. The maximum Gasteiger partial charge on any atom is 0.325 e. The molecule has 4 amide bonds. The average molecular weight is 528 g/mol. The minimum absolute atomic E-state index is 0.0168. The highest BCUT2D eigenvalue weighted by molar-refractivity contribution is 5.96. The van der Waals surface area contributed by atoms with Crippen LogP contribution in [0.15, 0.2) is 24.3 Å². The fourth-order valence-corrected chi connectivity index (χ4v) is 5.38. The minimum Gasteiger partial charge on any atom is -0.462 e. The van der Waals surface area contributed by atoms with Crippen LogP contribution in [0.2, 0.25) is 0 Å². The number of carbonyl (C=O) groups is 5. The molecule has 3 aliphatic rings. The number of rotatable bonds is 7. The van der Waals surface area contributed by atoms with Crippen LogP contribution in [-0.2, 0) is 30.5 Å². The zero-order valence-electron chi connectivity index (χ0n) is 22.0. The van der Waals surface area contributed by atoms with Gasteiger partial charge in [0.15, 0.2) is 0 Å². The smallest absolute Gasteiger partial charge is 0.325 e. The van der Waals surface area contributed by atoms with Crippen molar-refractivity contribution in [1.29, 1.82) is 0 Å². The van der Waals surface area contributed by atoms with Crippen molar-refractivity contribution in [3.63, 3.8) is 0 Å². The maximum absolute atomic E-state index is 13.5. The fraction of sp³-hybridized carbons (Fsp3) is 0.593. The van der Waals surface area contributed by atoms with E-state index in [0.29, 0.717) is 24.9 Å². The number of likely N-dealkylation sites (N-methyl/N-ethyl adjacent to an activating group) is 1. The van der Waals surface area contributed by atoms with Crippen LogP contribution in [0.4, 0.5) is 0 Å². The lowest BCUT2D eigenvalue weighted by Gasteiger charge is -2.35. The van der Waals surface area contributed by atoms with Gasteiger partial charge in [0.25, 0.3) is 5.91 Å². The summed E-state index contributed by atoms with van der Waals surface area (Å²) in [6.07, 6.45) is 4.50. The molecule has 3 N–H and O–H groups in total. The van der Waals surface area contributed by atoms with Crippen LogP contribution in [0.25, 0.3) is 0 Å². The van der Waals surface area contributed by atoms with Crippen molar-refractivity contribution >= 4 is 29.6 Å². The first kappa shape index (κ1) is 27.6. The lowest BCUT2D eigenvalue weighted by atomic mass is 9.98. The van der Waals surface area contributed by atoms with Crippen LogP contribution in [0.1, 0.15) is 61.4 Å². The normalized spacial score (nSPS) is 24.5. The summed E-state index contributed by atoms with van der Waals surface area (Å²) in [5, 5.41) is 8.70. The summed E-state index contributed by atoms with van der Waals surface area (Å²) in [6, 6.07) is 5.25. The third kappa shape index (κ3) is 6.32. The Kier molecular flexibility index (Phi) is 8.98. The summed E-state index contributed by atoms with van der Waals surface area (Å²) in [7, 11) is 1.69. The van der Waals surface area contributed by atoms with E-state index in [9.17, 15) is 24.0 Å². The van der Waals surface area contributed by atoms with Gasteiger partial charge >= 0.3 is 5.97 Å². The molecule has 38 heavy (non-hydrogen) atoms. The first-order chi connectivity index (χ1) is 18.3. The number of nitrogens with zero attached hydrogens (tertiary/aromatic N) is 2. The summed E-state index contributed by atoms with van der Waals surface area (Å²) >= 11 is 0. The van der Waals surface area contributed by atoms with Crippen molar-refractivity contribution in [2.45, 2.75) is 76.2 Å². The monoisotopic (exact) mass is 527 g/mol. The molecule has 1 aromatic carbocycles. The minimum atomic E-state index is -0.649. The van der Waals surface area contributed by atoms with Crippen LogP contribution in [-0.4, -0.2) is 90.3 Å². The fourth-order valence-electron chi connectivity index (χ4n) is 5.38. The zero-order valence-corrected chi connectivity index (χ0v) is 22.0. The van der Waals surface area contributed by atoms with Crippen molar-refractivity contribution < 1.29 is 28.7 Å². The summed E-state index contributed by atoms with van der Waals surface area (Å²) in [4.78, 5) is 66.8. The van der Waals surface area contributed by atoms with E-state index in [-0.39, 0.29) is 49.4 Å². The summed E-state index contributed by atoms with van der Waals surface area (Å²) in [5.41, 5.74) is 1.17. The van der Waals surface area contributed by atoms with E-state index < -0.39 is 24.1 Å². The van der Waals surface area contributed by atoms with E-state index in [1.54, 1.807) is 37.1 Å². The molecule has 1 aromatic rings. The molecule has 3 saturated heterocycles. The van der Waals surface area contributed by atoms with Crippen LogP contribution in [0.5, 0.6) is 0 Å². The number of cyclic esters (lactones) is 1. The predicted molar refractivity (Wildman–Crippen MR) is 138 cm³/mol. The molecule has 4 atom stereocenters. The number of morpholine rings is 1. The van der Waals surface area contributed by atoms with Crippen molar-refractivity contribution in [3.8, 4) is 0 Å². The first-order valence-electron chi connectivity index (χ1n) is 13.4. The van der Waals surface area contributed by atoms with E-state index in [2.05, 4.69) is 16.0 Å². The lowest BCUT2D eigenvalue weighted by molar-refractivity contribution is -0.149. The molecule has 0 aliphatic carbocycles. The largest absolute Gasteiger partial charge is 0.462 e. The lowest BCUT2D eigenvalue weighted by Crippen LogP contribution is -2.57. The van der Waals surface area contributed by atoms with E-state index in [4.69, 9.17) is 4.74 Å². The van der Waals surface area contributed by atoms with Gasteiger partial charge in [-0.3, -0.25) is 24.0 Å². The van der Waals surface area contributed by atoms with Crippen LogP contribution >= 0.6 is 0 Å². The standard InChI is InChI=1S/C27H37N5O6/c1-17(28-2)24(34)30-21-9-4-3-8-20-10-11-22(32(20)27(21)37)25(35)29-15-18-6-5-7-19(14-18)26(36)31-12-13-38-23(33)16-31/h5-7,14,17,20-22,28H,3-4,8-13,15-16H2,1-2H3,(H,29,35)(H,30,34). The quantitative estimate of drug-likeness (QED) is 0.435. The Morgan fingerprint density at radius 1 is 1.11 bits per heavy atom. The molecule has 3 fully saturated rings. The number of hydrogen-bond acceptors (Lipinski definition) is 7. The molecule has 11 heteroatoms. The number of benzene rings is 1. The highest BCUT2D eigenvalue weighted by Gasteiger charge is 2.43. The molecule has 0 aromatic heterocycles. The van der Waals surface area contributed by atoms with Crippen molar-refractivity contribution in [2.24, 2.45) is 0 Å². The number of esters is 1. The molecule has 3 heterocycles. The topological polar surface area (TPSA) is 137 Å². The number of nitrogens with one attached hydrogen (secondary N) is 3. The summed E-state index contributed by atoms with van der Waals surface area (Å²) < 4.78 is 4.90. The molecule has 0 bridgehead atoms. The molecule has 206 valence electrons. The third-order valence-corrected chi connectivity index (χ3v) is 7.65. The van der Waals surface area contributed by atoms with Gasteiger partial charge in [0.1, 0.15) is 25.2 Å². The summed E-state index contributed by atoms with van der Waals surface area (Å²) in [6.45, 7) is 2.37. The van der Waals surface area contributed by atoms with E-state index in [1.807, 2.05) is 6.07 Å². The molecule has 3 aliphatic heterocycles. The van der Waals surface area contributed by atoms with Crippen molar-refractivity contribution in [1.82, 2.24) is 25.8 Å². The Labute approximate surface area is 222 Å². The van der Waals surface area contributed by atoms with Gasteiger partial charge in [-0.1, -0.05) is 25.0 Å². The second-order valence-electron chi connectivity index (χ2n) is 10.2. The van der Waals surface area contributed by atoms with Gasteiger partial charge in [-0.15, -0.1) is 0 Å². The van der Waals surface area contributed by atoms with Gasteiger partial charge in [-0.05, 0) is 57.4 Å². The van der Waals surface area contributed by atoms with E-state index in [0.717, 1.165) is 31.2 Å². The Bertz CT molecular complexity index is 1080. The highest BCUT2D eigenvalue weighted by Crippen LogP contribution is 2.31. The van der Waals surface area contributed by atoms with Crippen LogP contribution in [0.3, 0.4) is 0 Å². The number of fused-ring (bicyclic) bond motifs is 1. The number of hydrogen-bond donors (Lipinski definition) is 3. The molecule has 0 radical (unpaired) electrons. The van der Waals surface area contributed by atoms with Gasteiger partial charge in [-0.2, -0.15) is 0 Å². The molecule has 0 saturated carbocycles. The predicted octanol–water partition coefficient (Wildman–Crippen LogP) is 0.328. The van der Waals surface area contributed by atoms with Gasteiger partial charge < -0.3 is 30.5 Å². The SMILES string of the molecule is CNC(C)C(=O)NC1CCCCC2CCC(C(=O)NCc3cccc(C(=O)N4CCOC(=O)C4)c3)N2C1=O. The Hall–Kier alpha value is -3.47. The number of carbonyl (C=O) groups excluding carboxylic acids is 5. The van der Waals surface area contributed by atoms with Gasteiger partial charge in [0.2, 0.25) is 17.7 Å². The zero-order chi connectivity index (χ0) is 27.2. The number of ether oxygens (including phenoxy) is 1. The highest BCUT2D eigenvalue weighted by atomic mass is 16.5. The summed E-state index contributed by atoms with van der Waals surface area (Å²) in [5.74, 6) is -1.37. The third-order valence-electron chi connectivity index (χ3n) is 7.65. The maximum atomic E-state index is 13.5. The molecule has 4 rings (SSSR count). The van der Waals surface area contributed by atoms with E-state index >= 15 is 0 Å². The Morgan fingerprint density at radius 3 is 2.66 bits per heavy atom. The van der Waals surface area contributed by atoms with E-state index in [1.165, 1.54) is 4.90 Å². The van der Waals surface area contributed by atoms with Crippen LogP contribution < -0.4 is 16.0 Å². The second kappa shape index (κ2) is 12.4. The van der Waals surface area contributed by atoms with Gasteiger partial charge in [0.05, 0.1) is 12.6 Å². The molecule has 4 unspecified atom stereocenters. The number of amides is 4. The Balaban J connectivity index is 1.40. The van der Waals surface area contributed by atoms with Gasteiger partial charge in [0, 0.05) is 18.2 Å². The van der Waals surface area contributed by atoms with Crippen molar-refractivity contribution in [2.75, 3.05) is 26.7 Å².